The van der Waals surface area contributed by atoms with E-state index in [2.05, 4.69) is 15.3 Å². The summed E-state index contributed by atoms with van der Waals surface area (Å²) in [6.45, 7) is 2.69. The minimum Gasteiger partial charge on any atom is -0.423 e. The molecule has 0 saturated heterocycles. The third kappa shape index (κ3) is 2.70. The Morgan fingerprint density at radius 2 is 2.10 bits per heavy atom. The van der Waals surface area contributed by atoms with Gasteiger partial charge in [-0.15, -0.1) is 4.73 Å². The molecule has 112 valence electrons. The molecule has 2 heterocycles. The highest BCUT2D eigenvalue weighted by molar-refractivity contribution is 5.90. The minimum atomic E-state index is -0.480. The molecule has 1 aliphatic rings. The molecule has 21 heavy (non-hydrogen) atoms. The van der Waals surface area contributed by atoms with E-state index in [-0.39, 0.29) is 5.65 Å². The topological polar surface area (TPSA) is 80.0 Å². The van der Waals surface area contributed by atoms with Crippen LogP contribution < -0.4 is 10.9 Å². The van der Waals surface area contributed by atoms with Gasteiger partial charge in [-0.3, -0.25) is 4.79 Å². The standard InChI is InChI=1S/C15H20N4O2/c1-10-14-12(16-8-11-5-3-2-4-6-11)7-13(20)19(21)15(14)18-9-17-10/h7,9,11,16,21H,2-6,8H2,1H3. The van der Waals surface area contributed by atoms with Gasteiger partial charge in [0.2, 0.25) is 0 Å². The zero-order valence-electron chi connectivity index (χ0n) is 12.2. The molecular formula is C15H20N4O2. The zero-order valence-corrected chi connectivity index (χ0v) is 12.2. The first-order valence-electron chi connectivity index (χ1n) is 7.47. The SMILES string of the molecule is Cc1ncnc2c1c(NCC1CCCCC1)cc(=O)n2O. The van der Waals surface area contributed by atoms with Crippen molar-refractivity contribution < 1.29 is 5.21 Å². The van der Waals surface area contributed by atoms with Crippen molar-refractivity contribution in [2.75, 3.05) is 11.9 Å². The summed E-state index contributed by atoms with van der Waals surface area (Å²) in [7, 11) is 0. The number of rotatable bonds is 3. The van der Waals surface area contributed by atoms with Crippen LogP contribution in [0.1, 0.15) is 37.8 Å². The molecule has 0 aromatic carbocycles. The number of aromatic nitrogens is 3. The van der Waals surface area contributed by atoms with Crippen molar-refractivity contribution in [2.45, 2.75) is 39.0 Å². The van der Waals surface area contributed by atoms with Crippen molar-refractivity contribution >= 4 is 16.7 Å². The van der Waals surface area contributed by atoms with E-state index in [9.17, 15) is 10.0 Å². The number of aryl methyl sites for hydroxylation is 1. The van der Waals surface area contributed by atoms with Crippen molar-refractivity contribution in [1.29, 1.82) is 0 Å². The predicted octanol–water partition coefficient (Wildman–Crippen LogP) is 2.33. The van der Waals surface area contributed by atoms with Gasteiger partial charge in [0, 0.05) is 12.6 Å². The van der Waals surface area contributed by atoms with E-state index in [0.717, 1.165) is 12.2 Å². The Morgan fingerprint density at radius 1 is 1.33 bits per heavy atom. The third-order valence-corrected chi connectivity index (χ3v) is 4.27. The van der Waals surface area contributed by atoms with E-state index < -0.39 is 5.56 Å². The van der Waals surface area contributed by atoms with Crippen LogP contribution in [0.3, 0.4) is 0 Å². The first kappa shape index (κ1) is 13.9. The second-order valence-corrected chi connectivity index (χ2v) is 5.75. The Balaban J connectivity index is 1.94. The Bertz CT molecular complexity index is 705. The molecule has 0 amide bonds. The molecule has 1 fully saturated rings. The van der Waals surface area contributed by atoms with Gasteiger partial charge in [0.15, 0.2) is 5.65 Å². The van der Waals surface area contributed by atoms with Gasteiger partial charge in [0.1, 0.15) is 6.33 Å². The molecule has 6 heteroatoms. The maximum absolute atomic E-state index is 11.8. The summed E-state index contributed by atoms with van der Waals surface area (Å²) in [5, 5.41) is 13.9. The van der Waals surface area contributed by atoms with Gasteiger partial charge in [-0.05, 0) is 25.7 Å². The Labute approximate surface area is 122 Å². The van der Waals surface area contributed by atoms with Crippen LogP contribution in [0.2, 0.25) is 0 Å². The van der Waals surface area contributed by atoms with E-state index >= 15 is 0 Å². The fraction of sp³-hybridized carbons (Fsp3) is 0.533. The van der Waals surface area contributed by atoms with Crippen molar-refractivity contribution in [3.63, 3.8) is 0 Å². The average Bonchev–Trinajstić information content (AvgIpc) is 2.50. The normalized spacial score (nSPS) is 16.2. The van der Waals surface area contributed by atoms with Gasteiger partial charge >= 0.3 is 0 Å². The fourth-order valence-corrected chi connectivity index (χ4v) is 3.08. The number of nitrogens with zero attached hydrogens (tertiary/aromatic N) is 3. The van der Waals surface area contributed by atoms with Crippen LogP contribution in [0.4, 0.5) is 5.69 Å². The molecular weight excluding hydrogens is 268 g/mol. The summed E-state index contributed by atoms with van der Waals surface area (Å²) in [5.41, 5.74) is 1.23. The number of fused-ring (bicyclic) bond motifs is 1. The summed E-state index contributed by atoms with van der Waals surface area (Å²) < 4.78 is 0.579. The van der Waals surface area contributed by atoms with E-state index in [0.29, 0.717) is 21.7 Å². The lowest BCUT2D eigenvalue weighted by molar-refractivity contribution is 0.186. The van der Waals surface area contributed by atoms with Crippen LogP contribution in [-0.4, -0.2) is 26.5 Å². The Kier molecular flexibility index (Phi) is 3.77. The van der Waals surface area contributed by atoms with Gasteiger partial charge in [-0.1, -0.05) is 19.3 Å². The molecule has 0 bridgehead atoms. The van der Waals surface area contributed by atoms with Crippen LogP contribution >= 0.6 is 0 Å². The smallest absolute Gasteiger partial charge is 0.286 e. The van der Waals surface area contributed by atoms with Crippen molar-refractivity contribution in [3.8, 4) is 0 Å². The van der Waals surface area contributed by atoms with Gasteiger partial charge in [0.05, 0.1) is 16.8 Å². The largest absolute Gasteiger partial charge is 0.423 e. The molecule has 0 aliphatic heterocycles. The summed E-state index contributed by atoms with van der Waals surface area (Å²) in [4.78, 5) is 20.0. The molecule has 1 aliphatic carbocycles. The molecule has 0 radical (unpaired) electrons. The average molecular weight is 288 g/mol. The molecule has 2 aromatic heterocycles. The highest BCUT2D eigenvalue weighted by Gasteiger charge is 2.16. The van der Waals surface area contributed by atoms with E-state index in [1.54, 1.807) is 0 Å². The highest BCUT2D eigenvalue weighted by atomic mass is 16.5. The summed E-state index contributed by atoms with van der Waals surface area (Å²) in [6, 6.07) is 1.42. The number of pyridine rings is 1. The van der Waals surface area contributed by atoms with E-state index in [1.807, 2.05) is 6.92 Å². The fourth-order valence-electron chi connectivity index (χ4n) is 3.08. The lowest BCUT2D eigenvalue weighted by Crippen LogP contribution is -2.22. The van der Waals surface area contributed by atoms with Crippen molar-refractivity contribution in [1.82, 2.24) is 14.7 Å². The Hall–Kier alpha value is -2.11. The Morgan fingerprint density at radius 3 is 2.86 bits per heavy atom. The van der Waals surface area contributed by atoms with Crippen molar-refractivity contribution in [2.24, 2.45) is 5.92 Å². The van der Waals surface area contributed by atoms with Crippen LogP contribution in [0, 0.1) is 12.8 Å². The van der Waals surface area contributed by atoms with Gasteiger partial charge < -0.3 is 10.5 Å². The highest BCUT2D eigenvalue weighted by Crippen LogP contribution is 2.26. The lowest BCUT2D eigenvalue weighted by atomic mass is 9.89. The molecule has 3 rings (SSSR count). The second-order valence-electron chi connectivity index (χ2n) is 5.75. The maximum Gasteiger partial charge on any atom is 0.286 e. The first-order chi connectivity index (χ1) is 10.2. The third-order valence-electron chi connectivity index (χ3n) is 4.27. The minimum absolute atomic E-state index is 0.251. The van der Waals surface area contributed by atoms with Crippen LogP contribution in [0.5, 0.6) is 0 Å². The number of hydrogen-bond acceptors (Lipinski definition) is 5. The summed E-state index contributed by atoms with van der Waals surface area (Å²) in [5.74, 6) is 0.648. The van der Waals surface area contributed by atoms with Crippen LogP contribution in [0.25, 0.3) is 11.0 Å². The first-order valence-corrected chi connectivity index (χ1v) is 7.47. The van der Waals surface area contributed by atoms with Gasteiger partial charge in [-0.2, -0.15) is 0 Å². The molecule has 0 spiro atoms. The van der Waals surface area contributed by atoms with Gasteiger partial charge in [-0.25, -0.2) is 9.97 Å². The lowest BCUT2D eigenvalue weighted by Gasteiger charge is -2.22. The van der Waals surface area contributed by atoms with E-state index in [1.165, 1.54) is 44.5 Å². The molecule has 2 N–H and O–H groups in total. The summed E-state index contributed by atoms with van der Waals surface area (Å²) in [6.07, 6.45) is 7.72. The molecule has 2 aromatic rings. The predicted molar refractivity (Wildman–Crippen MR) is 80.8 cm³/mol. The number of hydrogen-bond donors (Lipinski definition) is 2. The monoisotopic (exact) mass is 288 g/mol. The number of anilines is 1. The van der Waals surface area contributed by atoms with Gasteiger partial charge in [0.25, 0.3) is 5.56 Å². The quantitative estimate of drug-likeness (QED) is 0.847. The molecule has 0 unspecified atom stereocenters. The molecule has 6 nitrogen and oxygen atoms in total. The molecule has 0 atom stereocenters. The molecule has 1 saturated carbocycles. The van der Waals surface area contributed by atoms with E-state index in [4.69, 9.17) is 0 Å². The zero-order chi connectivity index (χ0) is 14.8. The van der Waals surface area contributed by atoms with Crippen LogP contribution in [-0.2, 0) is 0 Å². The summed E-state index contributed by atoms with van der Waals surface area (Å²) >= 11 is 0. The van der Waals surface area contributed by atoms with Crippen molar-refractivity contribution in [3.05, 3.63) is 28.4 Å². The van der Waals surface area contributed by atoms with Crippen LogP contribution in [0.15, 0.2) is 17.2 Å². The number of nitrogens with one attached hydrogen (secondary N) is 1. The maximum atomic E-state index is 11.8. The second kappa shape index (κ2) is 5.71.